The van der Waals surface area contributed by atoms with Gasteiger partial charge in [0.2, 0.25) is 0 Å². The van der Waals surface area contributed by atoms with Gasteiger partial charge in [0.05, 0.1) is 6.10 Å². The Kier molecular flexibility index (Phi) is 5.73. The zero-order valence-corrected chi connectivity index (χ0v) is 15.3. The molecular weight excluding hydrogens is 292 g/mol. The van der Waals surface area contributed by atoms with E-state index >= 15 is 0 Å². The van der Waals surface area contributed by atoms with E-state index in [0.29, 0.717) is 17.9 Å². The first-order valence-corrected chi connectivity index (χ1v) is 9.49. The van der Waals surface area contributed by atoms with Crippen LogP contribution >= 0.6 is 0 Å². The van der Waals surface area contributed by atoms with Crippen molar-refractivity contribution in [2.24, 2.45) is 0 Å². The predicted octanol–water partition coefficient (Wildman–Crippen LogP) is 6.54. The van der Waals surface area contributed by atoms with Gasteiger partial charge in [-0.15, -0.1) is 0 Å². The summed E-state index contributed by atoms with van der Waals surface area (Å²) in [7, 11) is 0. The third-order valence-electron chi connectivity index (χ3n) is 5.37. The quantitative estimate of drug-likeness (QED) is 0.607. The molecule has 1 fully saturated rings. The van der Waals surface area contributed by atoms with Crippen LogP contribution in [0.3, 0.4) is 0 Å². The second kappa shape index (κ2) is 7.98. The molecule has 0 atom stereocenters. The van der Waals surface area contributed by atoms with E-state index in [0.717, 1.165) is 6.61 Å². The summed E-state index contributed by atoms with van der Waals surface area (Å²) >= 11 is 0. The van der Waals surface area contributed by atoms with E-state index in [2.05, 4.69) is 69.3 Å². The summed E-state index contributed by atoms with van der Waals surface area (Å²) in [6, 6.07) is 18.2. The molecule has 0 aliphatic heterocycles. The Hall–Kier alpha value is -1.60. The van der Waals surface area contributed by atoms with Crippen LogP contribution in [0.25, 0.3) is 11.1 Å². The van der Waals surface area contributed by atoms with Gasteiger partial charge in [-0.1, -0.05) is 62.4 Å². The van der Waals surface area contributed by atoms with E-state index in [1.165, 1.54) is 47.9 Å². The van der Waals surface area contributed by atoms with E-state index in [-0.39, 0.29) is 0 Å². The average Bonchev–Trinajstić information content (AvgIpc) is 2.63. The fourth-order valence-electron chi connectivity index (χ4n) is 3.81. The van der Waals surface area contributed by atoms with Crippen molar-refractivity contribution >= 4 is 0 Å². The molecule has 1 aliphatic rings. The fourth-order valence-corrected chi connectivity index (χ4v) is 3.81. The van der Waals surface area contributed by atoms with Crippen LogP contribution in [0.4, 0.5) is 0 Å². The van der Waals surface area contributed by atoms with Crippen molar-refractivity contribution in [2.45, 2.75) is 64.4 Å². The summed E-state index contributed by atoms with van der Waals surface area (Å²) in [5.74, 6) is 1.30. The van der Waals surface area contributed by atoms with Crippen molar-refractivity contribution in [3.63, 3.8) is 0 Å². The van der Waals surface area contributed by atoms with Gasteiger partial charge in [-0.25, -0.2) is 0 Å². The van der Waals surface area contributed by atoms with Crippen LogP contribution in [0.1, 0.15) is 69.4 Å². The maximum absolute atomic E-state index is 5.77. The van der Waals surface area contributed by atoms with Crippen LogP contribution in [-0.2, 0) is 4.74 Å². The first-order chi connectivity index (χ1) is 11.7. The highest BCUT2D eigenvalue weighted by atomic mass is 16.5. The van der Waals surface area contributed by atoms with Gasteiger partial charge >= 0.3 is 0 Å². The van der Waals surface area contributed by atoms with Gasteiger partial charge < -0.3 is 4.74 Å². The van der Waals surface area contributed by atoms with Crippen LogP contribution in [0.15, 0.2) is 48.5 Å². The minimum Gasteiger partial charge on any atom is -0.379 e. The monoisotopic (exact) mass is 322 g/mol. The minimum absolute atomic E-state index is 0.491. The number of benzene rings is 2. The van der Waals surface area contributed by atoms with Gasteiger partial charge in [-0.05, 0) is 66.7 Å². The molecule has 0 amide bonds. The maximum Gasteiger partial charge on any atom is 0.0575 e. The molecule has 0 radical (unpaired) electrons. The predicted molar refractivity (Wildman–Crippen MR) is 103 cm³/mol. The van der Waals surface area contributed by atoms with E-state index in [1.807, 2.05) is 0 Å². The normalized spacial score (nSPS) is 21.2. The molecule has 128 valence electrons. The van der Waals surface area contributed by atoms with E-state index in [1.54, 1.807) is 0 Å². The van der Waals surface area contributed by atoms with Crippen LogP contribution in [-0.4, -0.2) is 12.7 Å². The molecule has 0 unspecified atom stereocenters. The summed E-state index contributed by atoms with van der Waals surface area (Å²) in [5, 5.41) is 0. The lowest BCUT2D eigenvalue weighted by Gasteiger charge is -2.28. The summed E-state index contributed by atoms with van der Waals surface area (Å²) < 4.78 is 5.77. The first kappa shape index (κ1) is 17.2. The largest absolute Gasteiger partial charge is 0.379 e. The molecule has 1 nitrogen and oxygen atoms in total. The fraction of sp³-hybridized carbons (Fsp3) is 0.478. The van der Waals surface area contributed by atoms with Crippen LogP contribution in [0, 0.1) is 0 Å². The van der Waals surface area contributed by atoms with Crippen molar-refractivity contribution in [1.82, 2.24) is 0 Å². The zero-order chi connectivity index (χ0) is 16.9. The molecule has 0 N–H and O–H groups in total. The lowest BCUT2D eigenvalue weighted by atomic mass is 9.82. The lowest BCUT2D eigenvalue weighted by molar-refractivity contribution is 0.0328. The molecule has 1 saturated carbocycles. The van der Waals surface area contributed by atoms with Crippen molar-refractivity contribution in [3.8, 4) is 11.1 Å². The third-order valence-corrected chi connectivity index (χ3v) is 5.37. The number of hydrogen-bond acceptors (Lipinski definition) is 1. The Bertz CT molecular complexity index is 616. The number of ether oxygens (including phenoxy) is 1. The molecule has 0 aromatic heterocycles. The first-order valence-electron chi connectivity index (χ1n) is 9.49. The van der Waals surface area contributed by atoms with Crippen molar-refractivity contribution in [2.75, 3.05) is 6.61 Å². The van der Waals surface area contributed by atoms with Gasteiger partial charge in [-0.2, -0.15) is 0 Å². The summed E-state index contributed by atoms with van der Waals surface area (Å²) in [5.41, 5.74) is 5.52. The standard InChI is InChI=1S/C23H30O/c1-4-24-23-15-13-22(14-16-23)21-11-9-20(10-12-21)19-7-5-18(6-8-19)17(2)3/h5-12,17,22-23H,4,13-16H2,1-3H3. The SMILES string of the molecule is CCOC1CCC(c2ccc(-c3ccc(C(C)C)cc3)cc2)CC1. The Labute approximate surface area is 147 Å². The van der Waals surface area contributed by atoms with Gasteiger partial charge in [-0.3, -0.25) is 0 Å². The second-order valence-electron chi connectivity index (χ2n) is 7.33. The van der Waals surface area contributed by atoms with E-state index < -0.39 is 0 Å². The lowest BCUT2D eigenvalue weighted by Crippen LogP contribution is -2.20. The zero-order valence-electron chi connectivity index (χ0n) is 15.3. The maximum atomic E-state index is 5.77. The molecule has 24 heavy (non-hydrogen) atoms. The Morgan fingerprint density at radius 1 is 0.833 bits per heavy atom. The topological polar surface area (TPSA) is 9.23 Å². The Morgan fingerprint density at radius 3 is 1.88 bits per heavy atom. The molecule has 0 spiro atoms. The third kappa shape index (κ3) is 4.08. The van der Waals surface area contributed by atoms with Crippen LogP contribution in [0.5, 0.6) is 0 Å². The van der Waals surface area contributed by atoms with Gasteiger partial charge in [0.25, 0.3) is 0 Å². The van der Waals surface area contributed by atoms with Crippen LogP contribution in [0.2, 0.25) is 0 Å². The minimum atomic E-state index is 0.491. The Morgan fingerprint density at radius 2 is 1.38 bits per heavy atom. The highest BCUT2D eigenvalue weighted by Crippen LogP contribution is 2.35. The molecule has 2 aromatic rings. The van der Waals surface area contributed by atoms with Gasteiger partial charge in [0.15, 0.2) is 0 Å². The molecule has 2 aromatic carbocycles. The molecule has 1 aliphatic carbocycles. The van der Waals surface area contributed by atoms with Crippen molar-refractivity contribution in [1.29, 1.82) is 0 Å². The average molecular weight is 322 g/mol. The smallest absolute Gasteiger partial charge is 0.0575 e. The van der Waals surface area contributed by atoms with Gasteiger partial charge in [0.1, 0.15) is 0 Å². The molecule has 0 heterocycles. The summed E-state index contributed by atoms with van der Waals surface area (Å²) in [6.07, 6.45) is 5.42. The van der Waals surface area contributed by atoms with Crippen molar-refractivity contribution in [3.05, 3.63) is 59.7 Å². The van der Waals surface area contributed by atoms with E-state index in [9.17, 15) is 0 Å². The molecule has 1 heteroatoms. The molecule has 0 saturated heterocycles. The molecular formula is C23H30O. The Balaban J connectivity index is 1.65. The van der Waals surface area contributed by atoms with Crippen molar-refractivity contribution < 1.29 is 4.74 Å². The number of hydrogen-bond donors (Lipinski definition) is 0. The van der Waals surface area contributed by atoms with Crippen LogP contribution < -0.4 is 0 Å². The van der Waals surface area contributed by atoms with E-state index in [4.69, 9.17) is 4.74 Å². The number of rotatable bonds is 5. The summed E-state index contributed by atoms with van der Waals surface area (Å²) in [4.78, 5) is 0. The second-order valence-corrected chi connectivity index (χ2v) is 7.33. The van der Waals surface area contributed by atoms with Gasteiger partial charge in [0, 0.05) is 6.61 Å². The highest BCUT2D eigenvalue weighted by Gasteiger charge is 2.22. The molecule has 0 bridgehead atoms. The summed E-state index contributed by atoms with van der Waals surface area (Å²) in [6.45, 7) is 7.42. The molecule has 3 rings (SSSR count). The highest BCUT2D eigenvalue weighted by molar-refractivity contribution is 5.64.